The molecule has 1 aliphatic rings. The van der Waals surface area contributed by atoms with Gasteiger partial charge in [-0.2, -0.15) is 0 Å². The summed E-state index contributed by atoms with van der Waals surface area (Å²) in [6.07, 6.45) is 0.828. The van der Waals surface area contributed by atoms with Crippen molar-refractivity contribution < 1.29 is 9.53 Å². The molecule has 1 amide bonds. The van der Waals surface area contributed by atoms with Crippen LogP contribution in [0.3, 0.4) is 0 Å². The van der Waals surface area contributed by atoms with Gasteiger partial charge in [-0.15, -0.1) is 24.0 Å². The summed E-state index contributed by atoms with van der Waals surface area (Å²) in [6.45, 7) is 4.37. The Kier molecular flexibility index (Phi) is 10.1. The predicted octanol–water partition coefficient (Wildman–Crippen LogP) is 2.96. The number of carbonyl (C=O) groups is 1. The van der Waals surface area contributed by atoms with Crippen LogP contribution in [0, 0.1) is 0 Å². The molecule has 0 aromatic heterocycles. The number of para-hydroxylation sites is 2. The monoisotopic (exact) mass is 551 g/mol. The highest BCUT2D eigenvalue weighted by atomic mass is 127. The molecule has 0 radical (unpaired) electrons. The third-order valence-corrected chi connectivity index (χ3v) is 5.49. The maximum atomic E-state index is 12.2. The Bertz CT molecular complexity index is 911. The molecule has 1 aliphatic heterocycles. The number of methoxy groups -OCH3 is 1. The number of ether oxygens (including phenoxy) is 1. The van der Waals surface area contributed by atoms with E-state index in [0.29, 0.717) is 0 Å². The van der Waals surface area contributed by atoms with Gasteiger partial charge in [-0.3, -0.25) is 9.79 Å². The molecule has 0 saturated carbocycles. The van der Waals surface area contributed by atoms with E-state index in [2.05, 4.69) is 32.2 Å². The predicted molar refractivity (Wildman–Crippen MR) is 142 cm³/mol. The summed E-state index contributed by atoms with van der Waals surface area (Å²) in [7, 11) is 7.08. The lowest BCUT2D eigenvalue weighted by atomic mass is 10.1. The fourth-order valence-electron chi connectivity index (χ4n) is 3.82. The topological polar surface area (TPSA) is 60.4 Å². The van der Waals surface area contributed by atoms with Gasteiger partial charge in [0, 0.05) is 59.4 Å². The Balaban J connectivity index is 0.00000363. The van der Waals surface area contributed by atoms with E-state index in [1.807, 2.05) is 43.4 Å². The van der Waals surface area contributed by atoms with Crippen molar-refractivity contribution in [1.29, 1.82) is 0 Å². The van der Waals surface area contributed by atoms with Crippen LogP contribution in [-0.2, 0) is 6.42 Å². The molecule has 3 rings (SSSR count). The number of hydrogen-bond donors (Lipinski definition) is 1. The van der Waals surface area contributed by atoms with Gasteiger partial charge >= 0.3 is 0 Å². The second-order valence-corrected chi connectivity index (χ2v) is 7.77. The lowest BCUT2D eigenvalue weighted by molar-refractivity contribution is 0.0827. The molecule has 32 heavy (non-hydrogen) atoms. The molecule has 8 heteroatoms. The molecular weight excluding hydrogens is 517 g/mol. The Hall–Kier alpha value is -2.49. The second-order valence-electron chi connectivity index (χ2n) is 7.77. The van der Waals surface area contributed by atoms with Gasteiger partial charge in [-0.25, -0.2) is 0 Å². The molecule has 2 aromatic carbocycles. The van der Waals surface area contributed by atoms with Crippen molar-refractivity contribution in [3.05, 3.63) is 59.7 Å². The highest BCUT2D eigenvalue weighted by molar-refractivity contribution is 14.0. The first-order valence-corrected chi connectivity index (χ1v) is 10.7. The quantitative estimate of drug-likeness (QED) is 0.340. The standard InChI is InChI=1S/C24H33N5O2.HI/c1-25-24(26-13-12-19-8-7-9-20(18-19)23(30)27(2)3)29-16-14-28(15-17-29)21-10-5-6-11-22(21)31-4;/h5-11,18H,12-17H2,1-4H3,(H,25,26);1H. The number of guanidine groups is 1. The summed E-state index contributed by atoms with van der Waals surface area (Å²) in [5, 5.41) is 3.47. The Morgan fingerprint density at radius 2 is 1.81 bits per heavy atom. The summed E-state index contributed by atoms with van der Waals surface area (Å²) in [5.41, 5.74) is 3.00. The van der Waals surface area contributed by atoms with E-state index in [1.54, 1.807) is 26.1 Å². The summed E-state index contributed by atoms with van der Waals surface area (Å²) < 4.78 is 5.51. The van der Waals surface area contributed by atoms with Crippen LogP contribution in [0.15, 0.2) is 53.5 Å². The van der Waals surface area contributed by atoms with Crippen LogP contribution in [-0.4, -0.2) is 82.6 Å². The zero-order valence-electron chi connectivity index (χ0n) is 19.4. The average molecular weight is 551 g/mol. The number of piperazine rings is 1. The zero-order valence-corrected chi connectivity index (χ0v) is 21.7. The normalized spacial score (nSPS) is 13.9. The number of nitrogens with one attached hydrogen (secondary N) is 1. The van der Waals surface area contributed by atoms with Gasteiger partial charge in [0.2, 0.25) is 0 Å². The van der Waals surface area contributed by atoms with Crippen molar-refractivity contribution >= 4 is 41.5 Å². The van der Waals surface area contributed by atoms with E-state index < -0.39 is 0 Å². The smallest absolute Gasteiger partial charge is 0.253 e. The zero-order chi connectivity index (χ0) is 22.2. The van der Waals surface area contributed by atoms with Crippen LogP contribution >= 0.6 is 24.0 Å². The van der Waals surface area contributed by atoms with Crippen molar-refractivity contribution in [1.82, 2.24) is 15.1 Å². The van der Waals surface area contributed by atoms with Gasteiger partial charge in [0.1, 0.15) is 5.75 Å². The van der Waals surface area contributed by atoms with Gasteiger partial charge in [0.25, 0.3) is 5.91 Å². The lowest BCUT2D eigenvalue weighted by Crippen LogP contribution is -2.52. The second kappa shape index (κ2) is 12.5. The molecule has 0 unspecified atom stereocenters. The highest BCUT2D eigenvalue weighted by Crippen LogP contribution is 2.28. The summed E-state index contributed by atoms with van der Waals surface area (Å²) in [6, 6.07) is 16.0. The van der Waals surface area contributed by atoms with Crippen molar-refractivity contribution in [2.24, 2.45) is 4.99 Å². The highest BCUT2D eigenvalue weighted by Gasteiger charge is 2.21. The molecule has 0 bridgehead atoms. The minimum atomic E-state index is 0. The number of carbonyl (C=O) groups excluding carboxylic acids is 1. The van der Waals surface area contributed by atoms with Crippen molar-refractivity contribution in [2.75, 3.05) is 65.9 Å². The van der Waals surface area contributed by atoms with E-state index in [-0.39, 0.29) is 29.9 Å². The number of halogens is 1. The molecule has 1 fully saturated rings. The number of aliphatic imine (C=N–C) groups is 1. The van der Waals surface area contributed by atoms with E-state index in [9.17, 15) is 4.79 Å². The van der Waals surface area contributed by atoms with Crippen molar-refractivity contribution in [3.63, 3.8) is 0 Å². The third kappa shape index (κ3) is 6.51. The largest absolute Gasteiger partial charge is 0.495 e. The first kappa shape index (κ1) is 25.8. The van der Waals surface area contributed by atoms with Crippen molar-refractivity contribution in [3.8, 4) is 5.75 Å². The Morgan fingerprint density at radius 3 is 2.47 bits per heavy atom. The van der Waals surface area contributed by atoms with E-state index >= 15 is 0 Å². The van der Waals surface area contributed by atoms with Crippen molar-refractivity contribution in [2.45, 2.75) is 6.42 Å². The maximum absolute atomic E-state index is 12.2. The summed E-state index contributed by atoms with van der Waals surface area (Å²) in [4.78, 5) is 22.9. The summed E-state index contributed by atoms with van der Waals surface area (Å²) in [5.74, 6) is 1.85. The molecule has 174 valence electrons. The van der Waals surface area contributed by atoms with Crippen LogP contribution in [0.4, 0.5) is 5.69 Å². The lowest BCUT2D eigenvalue weighted by Gasteiger charge is -2.38. The number of amides is 1. The van der Waals surface area contributed by atoms with Crippen LogP contribution in [0.1, 0.15) is 15.9 Å². The third-order valence-electron chi connectivity index (χ3n) is 5.49. The number of rotatable bonds is 6. The van der Waals surface area contributed by atoms with E-state index in [1.165, 1.54) is 0 Å². The van der Waals surface area contributed by atoms with Gasteiger partial charge in [0.05, 0.1) is 12.8 Å². The van der Waals surface area contributed by atoms with E-state index in [0.717, 1.165) is 67.7 Å². The first-order chi connectivity index (χ1) is 15.0. The minimum absolute atomic E-state index is 0. The molecule has 0 spiro atoms. The molecule has 0 aliphatic carbocycles. The number of benzene rings is 2. The molecule has 1 saturated heterocycles. The number of hydrogen-bond acceptors (Lipinski definition) is 4. The maximum Gasteiger partial charge on any atom is 0.253 e. The molecule has 7 nitrogen and oxygen atoms in total. The number of anilines is 1. The first-order valence-electron chi connectivity index (χ1n) is 10.7. The molecule has 0 atom stereocenters. The van der Waals surface area contributed by atoms with Crippen LogP contribution < -0.4 is 15.0 Å². The van der Waals surface area contributed by atoms with Gasteiger partial charge in [0.15, 0.2) is 5.96 Å². The van der Waals surface area contributed by atoms with Gasteiger partial charge in [-0.1, -0.05) is 24.3 Å². The van der Waals surface area contributed by atoms with Crippen LogP contribution in [0.2, 0.25) is 0 Å². The fourth-order valence-corrected chi connectivity index (χ4v) is 3.82. The average Bonchev–Trinajstić information content (AvgIpc) is 2.81. The fraction of sp³-hybridized carbons (Fsp3) is 0.417. The molecule has 2 aromatic rings. The Morgan fingerprint density at radius 1 is 1.09 bits per heavy atom. The van der Waals surface area contributed by atoms with E-state index in [4.69, 9.17) is 4.74 Å². The van der Waals surface area contributed by atoms with Crippen LogP contribution in [0.5, 0.6) is 5.75 Å². The molecular formula is C24H34IN5O2. The SMILES string of the molecule is CN=C(NCCc1cccc(C(=O)N(C)C)c1)N1CCN(c2ccccc2OC)CC1.I. The van der Waals surface area contributed by atoms with Gasteiger partial charge in [-0.05, 0) is 36.2 Å². The molecule has 1 heterocycles. The Labute approximate surface area is 208 Å². The summed E-state index contributed by atoms with van der Waals surface area (Å²) >= 11 is 0. The minimum Gasteiger partial charge on any atom is -0.495 e. The van der Waals surface area contributed by atoms with Gasteiger partial charge < -0.3 is 24.8 Å². The number of nitrogens with zero attached hydrogens (tertiary/aromatic N) is 4. The molecule has 1 N–H and O–H groups in total. The van der Waals surface area contributed by atoms with Crippen LogP contribution in [0.25, 0.3) is 0 Å².